The molecule has 0 bridgehead atoms. The number of nitrogens with zero attached hydrogens (tertiary/aromatic N) is 2. The van der Waals surface area contributed by atoms with Crippen LogP contribution < -0.4 is 5.32 Å². The van der Waals surface area contributed by atoms with Gasteiger partial charge >= 0.3 is 0 Å². The Hall–Kier alpha value is -2.21. The number of aromatic nitrogens is 1. The zero-order valence-corrected chi connectivity index (χ0v) is 12.3. The van der Waals surface area contributed by atoms with Crippen molar-refractivity contribution in [2.24, 2.45) is 0 Å². The SMILES string of the molecule is Cc1cc(C(=O)NCC(c2cccc(F)c2)N(C)C)no1. The third kappa shape index (κ3) is 3.88. The van der Waals surface area contributed by atoms with Crippen LogP contribution in [0.2, 0.25) is 0 Å². The number of hydrogen-bond donors (Lipinski definition) is 1. The molecule has 1 amide bonds. The van der Waals surface area contributed by atoms with Gasteiger partial charge < -0.3 is 14.7 Å². The van der Waals surface area contributed by atoms with Crippen LogP contribution in [0.3, 0.4) is 0 Å². The van der Waals surface area contributed by atoms with Gasteiger partial charge in [-0.05, 0) is 38.7 Å². The van der Waals surface area contributed by atoms with Crippen molar-refractivity contribution in [1.29, 1.82) is 0 Å². The van der Waals surface area contributed by atoms with Gasteiger partial charge in [-0.3, -0.25) is 4.79 Å². The quantitative estimate of drug-likeness (QED) is 0.917. The molecule has 0 fully saturated rings. The summed E-state index contributed by atoms with van der Waals surface area (Å²) < 4.78 is 18.2. The van der Waals surface area contributed by atoms with E-state index in [0.717, 1.165) is 5.56 Å². The van der Waals surface area contributed by atoms with Crippen molar-refractivity contribution in [2.45, 2.75) is 13.0 Å². The lowest BCUT2D eigenvalue weighted by Crippen LogP contribution is -2.34. The number of halogens is 1. The van der Waals surface area contributed by atoms with Crippen molar-refractivity contribution >= 4 is 5.91 Å². The summed E-state index contributed by atoms with van der Waals surface area (Å²) in [4.78, 5) is 13.9. The molecule has 2 rings (SSSR count). The molecule has 1 unspecified atom stereocenters. The number of amides is 1. The Labute approximate surface area is 122 Å². The van der Waals surface area contributed by atoms with Crippen molar-refractivity contribution in [1.82, 2.24) is 15.4 Å². The van der Waals surface area contributed by atoms with Crippen LogP contribution in [0.5, 0.6) is 0 Å². The highest BCUT2D eigenvalue weighted by Crippen LogP contribution is 2.18. The Morgan fingerprint density at radius 1 is 1.43 bits per heavy atom. The lowest BCUT2D eigenvalue weighted by Gasteiger charge is -2.25. The summed E-state index contributed by atoms with van der Waals surface area (Å²) in [5, 5.41) is 6.45. The molecule has 1 atom stereocenters. The second-order valence-electron chi connectivity index (χ2n) is 5.07. The normalized spacial score (nSPS) is 12.4. The smallest absolute Gasteiger partial charge is 0.273 e. The van der Waals surface area contributed by atoms with E-state index in [1.54, 1.807) is 19.1 Å². The van der Waals surface area contributed by atoms with Crippen molar-refractivity contribution in [3.63, 3.8) is 0 Å². The molecule has 21 heavy (non-hydrogen) atoms. The molecule has 0 saturated heterocycles. The van der Waals surface area contributed by atoms with Crippen molar-refractivity contribution in [3.8, 4) is 0 Å². The molecule has 1 heterocycles. The van der Waals surface area contributed by atoms with Gasteiger partial charge in [0.1, 0.15) is 11.6 Å². The number of rotatable bonds is 5. The average molecular weight is 291 g/mol. The van der Waals surface area contributed by atoms with Crippen LogP contribution in [0.4, 0.5) is 4.39 Å². The van der Waals surface area contributed by atoms with Crippen LogP contribution in [0, 0.1) is 12.7 Å². The third-order valence-electron chi connectivity index (χ3n) is 3.17. The third-order valence-corrected chi connectivity index (χ3v) is 3.17. The van der Waals surface area contributed by atoms with Gasteiger partial charge in [0.25, 0.3) is 5.91 Å². The number of hydrogen-bond acceptors (Lipinski definition) is 4. The average Bonchev–Trinajstić information content (AvgIpc) is 2.85. The number of aryl methyl sites for hydroxylation is 1. The first kappa shape index (κ1) is 15.2. The Morgan fingerprint density at radius 2 is 2.19 bits per heavy atom. The van der Waals surface area contributed by atoms with E-state index in [-0.39, 0.29) is 23.5 Å². The summed E-state index contributed by atoms with van der Waals surface area (Å²) in [6.45, 7) is 2.07. The van der Waals surface area contributed by atoms with Gasteiger partial charge in [-0.15, -0.1) is 0 Å². The van der Waals surface area contributed by atoms with E-state index in [9.17, 15) is 9.18 Å². The van der Waals surface area contributed by atoms with E-state index in [4.69, 9.17) is 4.52 Å². The fraction of sp³-hybridized carbons (Fsp3) is 0.333. The molecule has 1 aromatic heterocycles. The van der Waals surface area contributed by atoms with Crippen molar-refractivity contribution in [2.75, 3.05) is 20.6 Å². The predicted molar refractivity (Wildman–Crippen MR) is 76.4 cm³/mol. The maximum Gasteiger partial charge on any atom is 0.273 e. The van der Waals surface area contributed by atoms with Gasteiger partial charge in [0.2, 0.25) is 0 Å². The highest BCUT2D eigenvalue weighted by atomic mass is 19.1. The first-order valence-electron chi connectivity index (χ1n) is 6.61. The Morgan fingerprint density at radius 3 is 2.76 bits per heavy atom. The molecule has 6 heteroatoms. The number of likely N-dealkylation sites (N-methyl/N-ethyl adjacent to an activating group) is 1. The summed E-state index contributed by atoms with van der Waals surface area (Å²) >= 11 is 0. The topological polar surface area (TPSA) is 58.4 Å². The first-order chi connectivity index (χ1) is 9.97. The standard InChI is InChI=1S/C15H18FN3O2/c1-10-7-13(18-21-10)15(20)17-9-14(19(2)3)11-5-4-6-12(16)8-11/h4-8,14H,9H2,1-3H3,(H,17,20). The van der Waals surface area contributed by atoms with Crippen molar-refractivity contribution in [3.05, 3.63) is 53.2 Å². The molecule has 0 radical (unpaired) electrons. The van der Waals surface area contributed by atoms with E-state index in [0.29, 0.717) is 12.3 Å². The van der Waals surface area contributed by atoms with Crippen LogP contribution in [-0.4, -0.2) is 36.6 Å². The molecule has 0 aliphatic rings. The molecule has 2 aromatic rings. The first-order valence-corrected chi connectivity index (χ1v) is 6.61. The summed E-state index contributed by atoms with van der Waals surface area (Å²) in [5.74, 6) is -0.0256. The fourth-order valence-electron chi connectivity index (χ4n) is 2.07. The monoisotopic (exact) mass is 291 g/mol. The van der Waals surface area contributed by atoms with Crippen molar-refractivity contribution < 1.29 is 13.7 Å². The number of benzene rings is 1. The second-order valence-corrected chi connectivity index (χ2v) is 5.07. The maximum atomic E-state index is 13.3. The number of carbonyl (C=O) groups excluding carboxylic acids is 1. The molecular weight excluding hydrogens is 273 g/mol. The number of carbonyl (C=O) groups is 1. The fourth-order valence-corrected chi connectivity index (χ4v) is 2.07. The highest BCUT2D eigenvalue weighted by Gasteiger charge is 2.17. The molecule has 5 nitrogen and oxygen atoms in total. The molecule has 1 N–H and O–H groups in total. The number of nitrogens with one attached hydrogen (secondary N) is 1. The molecule has 1 aromatic carbocycles. The Kier molecular flexibility index (Phi) is 4.70. The van der Waals surface area contributed by atoms with Crippen LogP contribution in [0.15, 0.2) is 34.9 Å². The van der Waals surface area contributed by atoms with E-state index in [2.05, 4.69) is 10.5 Å². The summed E-state index contributed by atoms with van der Waals surface area (Å²) in [7, 11) is 3.75. The van der Waals surface area contributed by atoms with Crippen LogP contribution in [-0.2, 0) is 0 Å². The van der Waals surface area contributed by atoms with Crippen LogP contribution in [0.25, 0.3) is 0 Å². The minimum Gasteiger partial charge on any atom is -0.361 e. The zero-order chi connectivity index (χ0) is 15.4. The maximum absolute atomic E-state index is 13.3. The Bertz CT molecular complexity index is 625. The second kappa shape index (κ2) is 6.49. The van der Waals surface area contributed by atoms with Gasteiger partial charge in [0.05, 0.1) is 6.04 Å². The molecule has 112 valence electrons. The van der Waals surface area contributed by atoms with E-state index in [1.807, 2.05) is 25.1 Å². The highest BCUT2D eigenvalue weighted by molar-refractivity contribution is 5.92. The van der Waals surface area contributed by atoms with Gasteiger partial charge in [0, 0.05) is 12.6 Å². The van der Waals surface area contributed by atoms with E-state index >= 15 is 0 Å². The summed E-state index contributed by atoms with van der Waals surface area (Å²) in [6.07, 6.45) is 0. The summed E-state index contributed by atoms with van der Waals surface area (Å²) in [6, 6.07) is 7.80. The Balaban J connectivity index is 2.05. The van der Waals surface area contributed by atoms with E-state index in [1.165, 1.54) is 12.1 Å². The van der Waals surface area contributed by atoms with Gasteiger partial charge in [-0.2, -0.15) is 0 Å². The molecule has 0 spiro atoms. The zero-order valence-electron chi connectivity index (χ0n) is 12.3. The van der Waals surface area contributed by atoms with Gasteiger partial charge in [-0.1, -0.05) is 17.3 Å². The van der Waals surface area contributed by atoms with Crippen LogP contribution in [0.1, 0.15) is 27.9 Å². The predicted octanol–water partition coefficient (Wildman–Crippen LogP) is 2.15. The minimum absolute atomic E-state index is 0.127. The van der Waals surface area contributed by atoms with Gasteiger partial charge in [-0.25, -0.2) is 4.39 Å². The van der Waals surface area contributed by atoms with E-state index < -0.39 is 0 Å². The summed E-state index contributed by atoms with van der Waals surface area (Å²) in [5.41, 5.74) is 1.04. The molecule has 0 aliphatic carbocycles. The van der Waals surface area contributed by atoms with Crippen LogP contribution >= 0.6 is 0 Å². The largest absolute Gasteiger partial charge is 0.361 e. The lowest BCUT2D eigenvalue weighted by molar-refractivity contribution is 0.0933. The lowest BCUT2D eigenvalue weighted by atomic mass is 10.1. The molecule has 0 aliphatic heterocycles. The molecular formula is C15H18FN3O2. The minimum atomic E-state index is -0.310. The molecule has 0 saturated carbocycles. The van der Waals surface area contributed by atoms with Gasteiger partial charge in [0.15, 0.2) is 5.69 Å².